The van der Waals surface area contributed by atoms with Gasteiger partial charge in [0.15, 0.2) is 0 Å². The summed E-state index contributed by atoms with van der Waals surface area (Å²) < 4.78 is 10.6. The molecule has 0 saturated carbocycles. The Labute approximate surface area is 107 Å². The lowest BCUT2D eigenvalue weighted by Crippen LogP contribution is -2.21. The van der Waals surface area contributed by atoms with Gasteiger partial charge in [-0.25, -0.2) is 4.79 Å². The summed E-state index contributed by atoms with van der Waals surface area (Å²) in [5.41, 5.74) is 1.08. The van der Waals surface area contributed by atoms with E-state index in [0.29, 0.717) is 18.8 Å². The summed E-state index contributed by atoms with van der Waals surface area (Å²) in [6, 6.07) is 9.91. The Morgan fingerprint density at radius 3 is 2.89 bits per heavy atom. The van der Waals surface area contributed by atoms with Crippen molar-refractivity contribution in [3.8, 4) is 0 Å². The zero-order valence-electron chi connectivity index (χ0n) is 10.3. The normalized spacial score (nSPS) is 19.5. The maximum atomic E-state index is 11.4. The van der Waals surface area contributed by atoms with Gasteiger partial charge in [0, 0.05) is 6.42 Å². The molecule has 1 unspecified atom stereocenters. The Morgan fingerprint density at radius 1 is 1.39 bits per heavy atom. The van der Waals surface area contributed by atoms with Crippen molar-refractivity contribution in [2.45, 2.75) is 19.4 Å². The number of benzene rings is 1. The van der Waals surface area contributed by atoms with Crippen molar-refractivity contribution in [3.05, 3.63) is 53.8 Å². The average molecular weight is 244 g/mol. The molecule has 3 nitrogen and oxygen atoms in total. The molecular formula is C15H16O3. The monoisotopic (exact) mass is 244 g/mol. The standard InChI is InChI=1S/C15H16O3/c1-2-17-14-10-13(18-15(16)11-14)9-8-12-6-4-3-5-7-12/h3-9,11,13H,2,10H2,1H3/b9-8+. The second-order valence-electron chi connectivity index (χ2n) is 3.99. The summed E-state index contributed by atoms with van der Waals surface area (Å²) in [7, 11) is 0. The Morgan fingerprint density at radius 2 is 2.17 bits per heavy atom. The van der Waals surface area contributed by atoms with Crippen LogP contribution in [0.5, 0.6) is 0 Å². The van der Waals surface area contributed by atoms with Crippen LogP contribution in [0, 0.1) is 0 Å². The van der Waals surface area contributed by atoms with Crippen molar-refractivity contribution >= 4 is 12.0 Å². The van der Waals surface area contributed by atoms with Crippen LogP contribution in [0.3, 0.4) is 0 Å². The fourth-order valence-corrected chi connectivity index (χ4v) is 1.79. The van der Waals surface area contributed by atoms with E-state index < -0.39 is 0 Å². The quantitative estimate of drug-likeness (QED) is 0.764. The number of carbonyl (C=O) groups is 1. The highest BCUT2D eigenvalue weighted by atomic mass is 16.5. The van der Waals surface area contributed by atoms with Gasteiger partial charge in [-0.1, -0.05) is 36.4 Å². The first-order chi connectivity index (χ1) is 8.78. The number of hydrogen-bond donors (Lipinski definition) is 0. The van der Waals surface area contributed by atoms with Crippen LogP contribution in [-0.2, 0) is 14.3 Å². The van der Waals surface area contributed by atoms with E-state index in [1.807, 2.05) is 49.4 Å². The Kier molecular flexibility index (Phi) is 4.18. The van der Waals surface area contributed by atoms with Crippen LogP contribution in [0.1, 0.15) is 18.9 Å². The second-order valence-corrected chi connectivity index (χ2v) is 3.99. The van der Waals surface area contributed by atoms with Gasteiger partial charge in [-0.2, -0.15) is 0 Å². The van der Waals surface area contributed by atoms with Crippen LogP contribution in [-0.4, -0.2) is 18.7 Å². The molecule has 1 aromatic carbocycles. The van der Waals surface area contributed by atoms with Gasteiger partial charge < -0.3 is 9.47 Å². The number of cyclic esters (lactones) is 1. The molecule has 0 aromatic heterocycles. The molecule has 18 heavy (non-hydrogen) atoms. The molecule has 1 aliphatic heterocycles. The highest BCUT2D eigenvalue weighted by Crippen LogP contribution is 2.18. The molecule has 0 N–H and O–H groups in total. The van der Waals surface area contributed by atoms with Gasteiger partial charge in [-0.3, -0.25) is 0 Å². The molecule has 2 rings (SSSR count). The maximum absolute atomic E-state index is 11.4. The molecule has 1 aliphatic rings. The summed E-state index contributed by atoms with van der Waals surface area (Å²) in [6.45, 7) is 2.46. The molecule has 0 radical (unpaired) electrons. The zero-order chi connectivity index (χ0) is 12.8. The minimum Gasteiger partial charge on any atom is -0.498 e. The van der Waals surface area contributed by atoms with Crippen molar-refractivity contribution in [1.82, 2.24) is 0 Å². The van der Waals surface area contributed by atoms with Crippen molar-refractivity contribution in [2.24, 2.45) is 0 Å². The van der Waals surface area contributed by atoms with Gasteiger partial charge >= 0.3 is 5.97 Å². The van der Waals surface area contributed by atoms with Gasteiger partial charge in [0.1, 0.15) is 11.9 Å². The Balaban J connectivity index is 2.01. The van der Waals surface area contributed by atoms with E-state index in [4.69, 9.17) is 9.47 Å². The molecule has 0 spiro atoms. The molecule has 3 heteroatoms. The highest BCUT2D eigenvalue weighted by Gasteiger charge is 2.20. The van der Waals surface area contributed by atoms with Crippen LogP contribution in [0.25, 0.3) is 6.08 Å². The van der Waals surface area contributed by atoms with Crippen molar-refractivity contribution < 1.29 is 14.3 Å². The van der Waals surface area contributed by atoms with Crippen LogP contribution in [0.4, 0.5) is 0 Å². The smallest absolute Gasteiger partial charge is 0.334 e. The Bertz CT molecular complexity index is 460. The SMILES string of the molecule is CCOC1=CC(=O)OC(/C=C/c2ccccc2)C1. The van der Waals surface area contributed by atoms with Gasteiger partial charge in [-0.05, 0) is 18.6 Å². The number of esters is 1. The lowest BCUT2D eigenvalue weighted by atomic mass is 10.1. The molecule has 1 aromatic rings. The van der Waals surface area contributed by atoms with Crippen molar-refractivity contribution in [3.63, 3.8) is 0 Å². The molecule has 0 fully saturated rings. The number of rotatable bonds is 4. The predicted octanol–water partition coefficient (Wildman–Crippen LogP) is 2.94. The van der Waals surface area contributed by atoms with Gasteiger partial charge in [-0.15, -0.1) is 0 Å². The average Bonchev–Trinajstić information content (AvgIpc) is 2.37. The van der Waals surface area contributed by atoms with Crippen molar-refractivity contribution in [1.29, 1.82) is 0 Å². The molecular weight excluding hydrogens is 228 g/mol. The fraction of sp³-hybridized carbons (Fsp3) is 0.267. The summed E-state index contributed by atoms with van der Waals surface area (Å²) in [5, 5.41) is 0. The maximum Gasteiger partial charge on any atom is 0.334 e. The molecule has 1 heterocycles. The molecule has 0 amide bonds. The van der Waals surface area contributed by atoms with E-state index in [1.165, 1.54) is 6.08 Å². The van der Waals surface area contributed by atoms with Gasteiger partial charge in [0.2, 0.25) is 0 Å². The molecule has 1 atom stereocenters. The highest BCUT2D eigenvalue weighted by molar-refractivity contribution is 5.83. The van der Waals surface area contributed by atoms with E-state index in [9.17, 15) is 4.79 Å². The summed E-state index contributed by atoms with van der Waals surface area (Å²) in [6.07, 6.45) is 5.61. The summed E-state index contributed by atoms with van der Waals surface area (Å²) in [4.78, 5) is 11.4. The molecule has 0 aliphatic carbocycles. The third-order valence-corrected chi connectivity index (χ3v) is 2.58. The first kappa shape index (κ1) is 12.4. The van der Waals surface area contributed by atoms with E-state index in [-0.39, 0.29) is 12.1 Å². The summed E-state index contributed by atoms with van der Waals surface area (Å²) >= 11 is 0. The third kappa shape index (κ3) is 3.48. The molecule has 94 valence electrons. The molecule has 0 saturated heterocycles. The van der Waals surface area contributed by atoms with Crippen LogP contribution < -0.4 is 0 Å². The topological polar surface area (TPSA) is 35.5 Å². The number of carbonyl (C=O) groups excluding carboxylic acids is 1. The van der Waals surface area contributed by atoms with Gasteiger partial charge in [0.25, 0.3) is 0 Å². The van der Waals surface area contributed by atoms with E-state index in [2.05, 4.69) is 0 Å². The van der Waals surface area contributed by atoms with Gasteiger partial charge in [0.05, 0.1) is 12.7 Å². The zero-order valence-corrected chi connectivity index (χ0v) is 10.3. The number of hydrogen-bond acceptors (Lipinski definition) is 3. The first-order valence-corrected chi connectivity index (χ1v) is 6.05. The lowest BCUT2D eigenvalue weighted by molar-refractivity contribution is -0.142. The van der Waals surface area contributed by atoms with Crippen LogP contribution in [0.2, 0.25) is 0 Å². The fourth-order valence-electron chi connectivity index (χ4n) is 1.79. The minimum atomic E-state index is -0.340. The van der Waals surface area contributed by atoms with E-state index >= 15 is 0 Å². The lowest BCUT2D eigenvalue weighted by Gasteiger charge is -2.20. The second kappa shape index (κ2) is 6.05. The molecule has 0 bridgehead atoms. The first-order valence-electron chi connectivity index (χ1n) is 6.05. The third-order valence-electron chi connectivity index (χ3n) is 2.58. The minimum absolute atomic E-state index is 0.246. The van der Waals surface area contributed by atoms with Crippen molar-refractivity contribution in [2.75, 3.05) is 6.61 Å². The number of ether oxygens (including phenoxy) is 2. The van der Waals surface area contributed by atoms with Crippen LogP contribution >= 0.6 is 0 Å². The van der Waals surface area contributed by atoms with Crippen LogP contribution in [0.15, 0.2) is 48.2 Å². The Hall–Kier alpha value is -2.03. The predicted molar refractivity (Wildman–Crippen MR) is 69.7 cm³/mol. The van der Waals surface area contributed by atoms with E-state index in [0.717, 1.165) is 5.56 Å². The van der Waals surface area contributed by atoms with E-state index in [1.54, 1.807) is 0 Å². The summed E-state index contributed by atoms with van der Waals surface area (Å²) in [5.74, 6) is 0.351. The largest absolute Gasteiger partial charge is 0.498 e.